The average molecular weight is 352 g/mol. The molecule has 0 spiro atoms. The van der Waals surface area contributed by atoms with E-state index in [0.29, 0.717) is 11.5 Å². The molecule has 0 amide bonds. The fourth-order valence-corrected chi connectivity index (χ4v) is 2.00. The zero-order chi connectivity index (χ0) is 18.9. The topological polar surface area (TPSA) is 104 Å². The smallest absolute Gasteiger partial charge is 0.339 e. The van der Waals surface area contributed by atoms with Gasteiger partial charge in [0.2, 0.25) is 0 Å². The van der Waals surface area contributed by atoms with Gasteiger partial charge in [-0.3, -0.25) is 0 Å². The summed E-state index contributed by atoms with van der Waals surface area (Å²) in [6.07, 6.45) is 0. The number of aromatic hydroxyl groups is 1. The highest BCUT2D eigenvalue weighted by molar-refractivity contribution is 5.91. The Kier molecular flexibility index (Phi) is 6.34. The summed E-state index contributed by atoms with van der Waals surface area (Å²) in [6.45, 7) is 0. The molecule has 26 heavy (non-hydrogen) atoms. The first-order valence-corrected chi connectivity index (χ1v) is 7.55. The number of carboxylic acid groups (broad SMARTS) is 2. The van der Waals surface area contributed by atoms with E-state index >= 15 is 0 Å². The maximum absolute atomic E-state index is 10.9. The maximum Gasteiger partial charge on any atom is 0.339 e. The number of carboxylic acids is 2. The van der Waals surface area contributed by atoms with Gasteiger partial charge in [0.1, 0.15) is 28.4 Å². The second-order valence-corrected chi connectivity index (χ2v) is 5.04. The zero-order valence-corrected chi connectivity index (χ0v) is 13.6. The monoisotopic (exact) mass is 352 g/mol. The van der Waals surface area contributed by atoms with Gasteiger partial charge in [-0.25, -0.2) is 9.59 Å². The average Bonchev–Trinajstić information content (AvgIpc) is 2.63. The Hall–Kier alpha value is -3.80. The van der Waals surface area contributed by atoms with Crippen LogP contribution >= 0.6 is 0 Å². The van der Waals surface area contributed by atoms with Crippen molar-refractivity contribution in [3.8, 4) is 17.2 Å². The first kappa shape index (κ1) is 18.5. The minimum atomic E-state index is -1.11. The summed E-state index contributed by atoms with van der Waals surface area (Å²) in [4.78, 5) is 21.2. The molecule has 0 saturated heterocycles. The zero-order valence-electron chi connectivity index (χ0n) is 13.6. The van der Waals surface area contributed by atoms with Gasteiger partial charge in [-0.2, -0.15) is 0 Å². The third-order valence-electron chi connectivity index (χ3n) is 3.22. The molecule has 3 N–H and O–H groups in total. The van der Waals surface area contributed by atoms with Crippen LogP contribution in [0.1, 0.15) is 20.7 Å². The minimum Gasteiger partial charge on any atom is -0.507 e. The molecular weight excluding hydrogens is 336 g/mol. The molecule has 0 heterocycles. The SMILES string of the molecule is O=C(O)c1ccccc1O.O=C(O)c1ccccc1Oc1ccccc1. The molecule has 0 saturated carbocycles. The van der Waals surface area contributed by atoms with Crippen LogP contribution in [0.2, 0.25) is 0 Å². The number of ether oxygens (including phenoxy) is 1. The van der Waals surface area contributed by atoms with E-state index in [1.807, 2.05) is 18.2 Å². The maximum atomic E-state index is 10.9. The van der Waals surface area contributed by atoms with Crippen LogP contribution in [0, 0.1) is 0 Å². The number of aromatic carboxylic acids is 2. The van der Waals surface area contributed by atoms with Crippen molar-refractivity contribution in [1.82, 2.24) is 0 Å². The lowest BCUT2D eigenvalue weighted by molar-refractivity contribution is 0.0682. The quantitative estimate of drug-likeness (QED) is 0.648. The molecular formula is C20H16O6. The summed E-state index contributed by atoms with van der Waals surface area (Å²) >= 11 is 0. The lowest BCUT2D eigenvalue weighted by atomic mass is 10.2. The van der Waals surface area contributed by atoms with Crippen molar-refractivity contribution in [3.05, 3.63) is 90.0 Å². The molecule has 6 nitrogen and oxygen atoms in total. The number of rotatable bonds is 4. The largest absolute Gasteiger partial charge is 0.507 e. The van der Waals surface area contributed by atoms with Gasteiger partial charge in [-0.1, -0.05) is 42.5 Å². The number of benzene rings is 3. The van der Waals surface area contributed by atoms with Gasteiger partial charge < -0.3 is 20.1 Å². The molecule has 0 atom stereocenters. The van der Waals surface area contributed by atoms with Gasteiger partial charge in [0.25, 0.3) is 0 Å². The Morgan fingerprint density at radius 2 is 1.15 bits per heavy atom. The van der Waals surface area contributed by atoms with Crippen LogP contribution in [0.15, 0.2) is 78.9 Å². The number of hydrogen-bond donors (Lipinski definition) is 3. The fraction of sp³-hybridized carbons (Fsp3) is 0. The van der Waals surface area contributed by atoms with Crippen LogP contribution < -0.4 is 4.74 Å². The summed E-state index contributed by atoms with van der Waals surface area (Å²) in [6, 6.07) is 21.5. The Morgan fingerprint density at radius 1 is 0.654 bits per heavy atom. The molecule has 3 rings (SSSR count). The van der Waals surface area contributed by atoms with E-state index in [2.05, 4.69) is 0 Å². The summed E-state index contributed by atoms with van der Waals surface area (Å²) in [5.74, 6) is -1.34. The molecule has 0 aromatic heterocycles. The van der Waals surface area contributed by atoms with Crippen molar-refractivity contribution in [2.24, 2.45) is 0 Å². The van der Waals surface area contributed by atoms with Gasteiger partial charge in [0.05, 0.1) is 0 Å². The molecule has 0 radical (unpaired) electrons. The molecule has 3 aromatic rings. The summed E-state index contributed by atoms with van der Waals surface area (Å²) < 4.78 is 5.49. The Balaban J connectivity index is 0.000000209. The van der Waals surface area contributed by atoms with Crippen molar-refractivity contribution < 1.29 is 29.6 Å². The van der Waals surface area contributed by atoms with Crippen molar-refractivity contribution in [2.45, 2.75) is 0 Å². The normalized spacial score (nSPS) is 9.54. The van der Waals surface area contributed by atoms with E-state index in [-0.39, 0.29) is 16.9 Å². The third-order valence-corrected chi connectivity index (χ3v) is 3.22. The molecule has 6 heteroatoms. The van der Waals surface area contributed by atoms with Gasteiger partial charge in [0.15, 0.2) is 0 Å². The molecule has 0 bridgehead atoms. The van der Waals surface area contributed by atoms with Gasteiger partial charge >= 0.3 is 11.9 Å². The second kappa shape index (κ2) is 8.89. The summed E-state index contributed by atoms with van der Waals surface area (Å²) in [5.41, 5.74) is 0.0915. The lowest BCUT2D eigenvalue weighted by Gasteiger charge is -2.07. The highest BCUT2D eigenvalue weighted by Crippen LogP contribution is 2.24. The first-order valence-electron chi connectivity index (χ1n) is 7.55. The predicted octanol–water partition coefficient (Wildman–Crippen LogP) is 4.27. The lowest BCUT2D eigenvalue weighted by Crippen LogP contribution is -1.99. The Labute approximate surface area is 149 Å². The summed E-state index contributed by atoms with van der Waals surface area (Å²) in [5, 5.41) is 26.3. The van der Waals surface area contributed by atoms with E-state index in [4.69, 9.17) is 20.1 Å². The van der Waals surface area contributed by atoms with Crippen molar-refractivity contribution >= 4 is 11.9 Å². The Morgan fingerprint density at radius 3 is 1.69 bits per heavy atom. The molecule has 0 aliphatic heterocycles. The molecule has 0 unspecified atom stereocenters. The van der Waals surface area contributed by atoms with Crippen LogP contribution in [0.5, 0.6) is 17.2 Å². The van der Waals surface area contributed by atoms with Gasteiger partial charge in [0, 0.05) is 0 Å². The van der Waals surface area contributed by atoms with E-state index in [1.165, 1.54) is 18.2 Å². The number of phenols is 1. The van der Waals surface area contributed by atoms with Gasteiger partial charge in [-0.05, 0) is 36.4 Å². The standard InChI is InChI=1S/C13H10O3.C7H6O3/c14-13(15)11-8-4-5-9-12(11)16-10-6-2-1-3-7-10;8-6-4-2-1-3-5(6)7(9)10/h1-9H,(H,14,15);1-4,8H,(H,9,10). The van der Waals surface area contributed by atoms with Crippen LogP contribution in [-0.4, -0.2) is 27.3 Å². The van der Waals surface area contributed by atoms with Crippen molar-refractivity contribution in [1.29, 1.82) is 0 Å². The molecule has 0 aliphatic carbocycles. The molecule has 0 aliphatic rings. The highest BCUT2D eigenvalue weighted by Gasteiger charge is 2.10. The Bertz CT molecular complexity index is 890. The second-order valence-electron chi connectivity index (χ2n) is 5.04. The van der Waals surface area contributed by atoms with Crippen LogP contribution in [0.3, 0.4) is 0 Å². The predicted molar refractivity (Wildman–Crippen MR) is 95.0 cm³/mol. The molecule has 3 aromatic carbocycles. The van der Waals surface area contributed by atoms with E-state index in [9.17, 15) is 9.59 Å². The summed E-state index contributed by atoms with van der Waals surface area (Å²) in [7, 11) is 0. The van der Waals surface area contributed by atoms with Crippen LogP contribution in [-0.2, 0) is 0 Å². The highest BCUT2D eigenvalue weighted by atomic mass is 16.5. The first-order chi connectivity index (χ1) is 12.5. The van der Waals surface area contributed by atoms with Crippen LogP contribution in [0.4, 0.5) is 0 Å². The number of para-hydroxylation sites is 3. The van der Waals surface area contributed by atoms with E-state index in [1.54, 1.807) is 42.5 Å². The van der Waals surface area contributed by atoms with Gasteiger partial charge in [-0.15, -0.1) is 0 Å². The molecule has 132 valence electrons. The number of hydrogen-bond acceptors (Lipinski definition) is 4. The third kappa shape index (κ3) is 5.10. The minimum absolute atomic E-state index is 0.0671. The van der Waals surface area contributed by atoms with Crippen molar-refractivity contribution in [2.75, 3.05) is 0 Å². The van der Waals surface area contributed by atoms with E-state index < -0.39 is 11.9 Å². The number of carbonyl (C=O) groups is 2. The molecule has 0 fully saturated rings. The van der Waals surface area contributed by atoms with Crippen molar-refractivity contribution in [3.63, 3.8) is 0 Å². The van der Waals surface area contributed by atoms with Crippen LogP contribution in [0.25, 0.3) is 0 Å². The fourth-order valence-electron chi connectivity index (χ4n) is 2.00. The van der Waals surface area contributed by atoms with E-state index in [0.717, 1.165) is 0 Å².